The van der Waals surface area contributed by atoms with Crippen molar-refractivity contribution in [2.24, 2.45) is 5.10 Å². The van der Waals surface area contributed by atoms with Gasteiger partial charge in [-0.25, -0.2) is 5.43 Å². The van der Waals surface area contributed by atoms with E-state index < -0.39 is 17.9 Å². The highest BCUT2D eigenvalue weighted by molar-refractivity contribution is 9.10. The summed E-state index contributed by atoms with van der Waals surface area (Å²) in [6.45, 7) is 1.74. The number of nitrogens with one attached hydrogen (secondary N) is 2. The molecule has 2 amide bonds. The van der Waals surface area contributed by atoms with Gasteiger partial charge in [0.25, 0.3) is 11.8 Å². The van der Waals surface area contributed by atoms with Crippen molar-refractivity contribution in [2.75, 3.05) is 14.2 Å². The summed E-state index contributed by atoms with van der Waals surface area (Å²) in [5, 5.41) is 15.9. The number of methoxy groups -OCH3 is 2. The number of hydrazone groups is 1. The number of carbonyl (C=O) groups excluding carboxylic acids is 2. The molecule has 3 rings (SSSR count). The maximum absolute atomic E-state index is 12.4. The molecule has 0 aliphatic carbocycles. The summed E-state index contributed by atoms with van der Waals surface area (Å²) in [7, 11) is 3.05. The van der Waals surface area contributed by atoms with Crippen LogP contribution in [-0.4, -0.2) is 38.3 Å². The van der Waals surface area contributed by atoms with Crippen LogP contribution in [0.3, 0.4) is 0 Å². The fourth-order valence-corrected chi connectivity index (χ4v) is 3.79. The highest BCUT2D eigenvalue weighted by atomic mass is 79.9. The molecule has 0 bridgehead atoms. The standard InChI is InChI=1S/C27H25BrN4O5/c1-17(31-27(34)19-8-10-22(35-2)11-9-19)26(33)32-30-15-18-12-23(28)25(24(13-18)36-3)37-16-21-7-5-4-6-20(21)14-29/h4-13,15,17H,16H2,1-3H3,(H,31,34)(H,32,33). The minimum absolute atomic E-state index is 0.183. The number of carbonyl (C=O) groups is 2. The van der Waals surface area contributed by atoms with Crippen LogP contribution in [0.4, 0.5) is 0 Å². The molecule has 37 heavy (non-hydrogen) atoms. The van der Waals surface area contributed by atoms with E-state index in [4.69, 9.17) is 14.2 Å². The predicted octanol–water partition coefficient (Wildman–Crippen LogP) is 4.19. The molecule has 0 aliphatic heterocycles. The second kappa shape index (κ2) is 13.1. The molecule has 1 unspecified atom stereocenters. The number of ether oxygens (including phenoxy) is 3. The van der Waals surface area contributed by atoms with E-state index in [-0.39, 0.29) is 6.61 Å². The van der Waals surface area contributed by atoms with Crippen LogP contribution in [0.5, 0.6) is 17.2 Å². The summed E-state index contributed by atoms with van der Waals surface area (Å²) in [5.74, 6) is 0.656. The van der Waals surface area contributed by atoms with Gasteiger partial charge < -0.3 is 19.5 Å². The van der Waals surface area contributed by atoms with Crippen LogP contribution < -0.4 is 25.0 Å². The first-order valence-corrected chi connectivity index (χ1v) is 11.9. The first-order chi connectivity index (χ1) is 17.9. The molecule has 0 saturated heterocycles. The summed E-state index contributed by atoms with van der Waals surface area (Å²) in [6.07, 6.45) is 1.44. The number of hydrogen-bond donors (Lipinski definition) is 2. The Hall–Kier alpha value is -4.36. The molecule has 0 radical (unpaired) electrons. The molecule has 3 aromatic carbocycles. The molecule has 0 saturated carbocycles. The Labute approximate surface area is 223 Å². The summed E-state index contributed by atoms with van der Waals surface area (Å²) in [5.41, 5.74) is 4.73. The lowest BCUT2D eigenvalue weighted by Gasteiger charge is -2.14. The molecule has 3 aromatic rings. The molecule has 10 heteroatoms. The topological polar surface area (TPSA) is 122 Å². The highest BCUT2D eigenvalue weighted by Crippen LogP contribution is 2.37. The number of hydrogen-bond acceptors (Lipinski definition) is 7. The van der Waals surface area contributed by atoms with Gasteiger partial charge in [-0.15, -0.1) is 0 Å². The van der Waals surface area contributed by atoms with Crippen LogP contribution in [0, 0.1) is 11.3 Å². The van der Waals surface area contributed by atoms with E-state index in [1.54, 1.807) is 55.5 Å². The fraction of sp³-hybridized carbons (Fsp3) is 0.185. The normalized spacial score (nSPS) is 11.3. The van der Waals surface area contributed by atoms with Gasteiger partial charge in [-0.05, 0) is 70.9 Å². The van der Waals surface area contributed by atoms with Crippen LogP contribution >= 0.6 is 15.9 Å². The molecule has 1 atom stereocenters. The zero-order valence-electron chi connectivity index (χ0n) is 20.4. The molecular formula is C27H25BrN4O5. The lowest BCUT2D eigenvalue weighted by molar-refractivity contribution is -0.122. The van der Waals surface area contributed by atoms with Crippen molar-refractivity contribution in [3.63, 3.8) is 0 Å². The van der Waals surface area contributed by atoms with Crippen molar-refractivity contribution >= 4 is 34.0 Å². The van der Waals surface area contributed by atoms with Gasteiger partial charge in [0.15, 0.2) is 11.5 Å². The molecule has 0 aliphatic rings. The molecule has 2 N–H and O–H groups in total. The SMILES string of the molecule is COc1ccc(C(=O)NC(C)C(=O)NN=Cc2cc(Br)c(OCc3ccccc3C#N)c(OC)c2)cc1. The molecular weight excluding hydrogens is 540 g/mol. The second-order valence-corrected chi connectivity index (χ2v) is 8.60. The largest absolute Gasteiger partial charge is 0.497 e. The van der Waals surface area contributed by atoms with Gasteiger partial charge in [0.1, 0.15) is 18.4 Å². The average molecular weight is 565 g/mol. The number of halogens is 1. The average Bonchev–Trinajstić information content (AvgIpc) is 2.92. The lowest BCUT2D eigenvalue weighted by atomic mass is 10.1. The molecule has 9 nitrogen and oxygen atoms in total. The number of benzene rings is 3. The summed E-state index contributed by atoms with van der Waals surface area (Å²) < 4.78 is 17.1. The van der Waals surface area contributed by atoms with E-state index in [1.165, 1.54) is 20.4 Å². The minimum Gasteiger partial charge on any atom is -0.497 e. The Bertz CT molecular complexity index is 1340. The van der Waals surface area contributed by atoms with Crippen LogP contribution in [0.25, 0.3) is 0 Å². The van der Waals surface area contributed by atoms with Crippen LogP contribution in [0.15, 0.2) is 70.2 Å². The van der Waals surface area contributed by atoms with Gasteiger partial charge in [0.05, 0.1) is 36.5 Å². The van der Waals surface area contributed by atoms with E-state index in [9.17, 15) is 14.9 Å². The van der Waals surface area contributed by atoms with Crippen molar-refractivity contribution in [3.8, 4) is 23.3 Å². The quantitative estimate of drug-likeness (QED) is 0.281. The van der Waals surface area contributed by atoms with E-state index in [0.717, 1.165) is 5.56 Å². The Balaban J connectivity index is 1.60. The molecule has 190 valence electrons. The van der Waals surface area contributed by atoms with Crippen LogP contribution in [0.1, 0.15) is 34.0 Å². The van der Waals surface area contributed by atoms with Gasteiger partial charge in [0.2, 0.25) is 0 Å². The fourth-order valence-electron chi connectivity index (χ4n) is 3.21. The van der Waals surface area contributed by atoms with Gasteiger partial charge in [-0.3, -0.25) is 9.59 Å². The van der Waals surface area contributed by atoms with Crippen molar-refractivity contribution in [2.45, 2.75) is 19.6 Å². The summed E-state index contributed by atoms with van der Waals surface area (Å²) in [4.78, 5) is 24.7. The van der Waals surface area contributed by atoms with E-state index in [2.05, 4.69) is 37.8 Å². The molecule has 0 fully saturated rings. The minimum atomic E-state index is -0.819. The lowest BCUT2D eigenvalue weighted by Crippen LogP contribution is -2.43. The van der Waals surface area contributed by atoms with E-state index in [0.29, 0.717) is 38.4 Å². The first kappa shape index (κ1) is 27.2. The smallest absolute Gasteiger partial charge is 0.262 e. The Morgan fingerprint density at radius 1 is 1.11 bits per heavy atom. The first-order valence-electron chi connectivity index (χ1n) is 11.1. The van der Waals surface area contributed by atoms with Crippen molar-refractivity contribution in [3.05, 3.63) is 87.4 Å². The highest BCUT2D eigenvalue weighted by Gasteiger charge is 2.17. The van der Waals surface area contributed by atoms with Crippen molar-refractivity contribution in [1.82, 2.24) is 10.7 Å². The number of nitriles is 1. The van der Waals surface area contributed by atoms with Gasteiger partial charge in [-0.2, -0.15) is 10.4 Å². The Morgan fingerprint density at radius 2 is 1.84 bits per heavy atom. The summed E-state index contributed by atoms with van der Waals surface area (Å²) >= 11 is 3.48. The Kier molecular flexibility index (Phi) is 9.63. The third kappa shape index (κ3) is 7.32. The number of nitrogens with zero attached hydrogens (tertiary/aromatic N) is 2. The van der Waals surface area contributed by atoms with Crippen molar-refractivity contribution < 1.29 is 23.8 Å². The van der Waals surface area contributed by atoms with Crippen LogP contribution in [-0.2, 0) is 11.4 Å². The van der Waals surface area contributed by atoms with Crippen LogP contribution in [0.2, 0.25) is 0 Å². The molecule has 0 aromatic heterocycles. The molecule has 0 heterocycles. The maximum Gasteiger partial charge on any atom is 0.262 e. The monoisotopic (exact) mass is 564 g/mol. The van der Waals surface area contributed by atoms with E-state index in [1.807, 2.05) is 12.1 Å². The third-order valence-electron chi connectivity index (χ3n) is 5.24. The predicted molar refractivity (Wildman–Crippen MR) is 142 cm³/mol. The zero-order valence-corrected chi connectivity index (χ0v) is 22.0. The number of rotatable bonds is 10. The molecule has 0 spiro atoms. The van der Waals surface area contributed by atoms with Gasteiger partial charge in [-0.1, -0.05) is 18.2 Å². The van der Waals surface area contributed by atoms with E-state index >= 15 is 0 Å². The van der Waals surface area contributed by atoms with Crippen molar-refractivity contribution in [1.29, 1.82) is 5.26 Å². The zero-order chi connectivity index (χ0) is 26.8. The third-order valence-corrected chi connectivity index (χ3v) is 5.83. The van der Waals surface area contributed by atoms with Gasteiger partial charge in [0, 0.05) is 11.1 Å². The number of amides is 2. The van der Waals surface area contributed by atoms with Gasteiger partial charge >= 0.3 is 0 Å². The second-order valence-electron chi connectivity index (χ2n) is 7.75. The Morgan fingerprint density at radius 3 is 2.51 bits per heavy atom. The maximum atomic E-state index is 12.4. The summed E-state index contributed by atoms with van der Waals surface area (Å²) in [6, 6.07) is 18.5.